The number of phenols is 2. The maximum atomic E-state index is 12.3. The number of benzene rings is 14. The molecule has 10 nitrogen and oxygen atoms in total. The van der Waals surface area contributed by atoms with Crippen LogP contribution in [0.15, 0.2) is 340 Å². The van der Waals surface area contributed by atoms with E-state index < -0.39 is 0 Å². The van der Waals surface area contributed by atoms with Gasteiger partial charge < -0.3 is 19.3 Å². The molecule has 0 radical (unpaired) electrons. The minimum atomic E-state index is -0.363. The Labute approximate surface area is 772 Å². The number of imidazole rings is 2. The molecule has 0 unspecified atom stereocenters. The minimum Gasteiger partial charge on any atom is -0.507 e. The molecule has 14 aromatic carbocycles. The van der Waals surface area contributed by atoms with Gasteiger partial charge in [0.1, 0.15) is 23.1 Å². The fourth-order valence-corrected chi connectivity index (χ4v) is 17.9. The van der Waals surface area contributed by atoms with Crippen LogP contribution < -0.4 is 0 Å². The second-order valence-electron chi connectivity index (χ2n) is 37.7. The van der Waals surface area contributed by atoms with Crippen molar-refractivity contribution in [2.45, 2.75) is 124 Å². The van der Waals surface area contributed by atoms with Crippen LogP contribution in [0.2, 0.25) is 0 Å². The van der Waals surface area contributed by atoms with Gasteiger partial charge in [0.05, 0.1) is 55.3 Å². The average molecular weight is 2020 g/mol. The summed E-state index contributed by atoms with van der Waals surface area (Å²) >= 11 is 0. The molecule has 0 bridgehead atoms. The Morgan fingerprint density at radius 1 is 0.260 bits per heavy atom. The van der Waals surface area contributed by atoms with E-state index in [0.717, 1.165) is 161 Å². The Bertz CT molecular complexity index is 7530. The van der Waals surface area contributed by atoms with Crippen LogP contribution in [0.4, 0.5) is 0 Å². The molecule has 0 aliphatic carbocycles. The molecule has 127 heavy (non-hydrogen) atoms. The predicted molar refractivity (Wildman–Crippen MR) is 519 cm³/mol. The fraction of sp³-hybridized carbons (Fsp3) is 0.165. The van der Waals surface area contributed by atoms with E-state index in [2.05, 4.69) is 419 Å². The number of phenolic OH excluding ortho intramolecular Hbond substituents is 2. The molecule has 0 atom stereocenters. The summed E-state index contributed by atoms with van der Waals surface area (Å²) in [6.07, 6.45) is 4.01. The zero-order chi connectivity index (χ0) is 86.6. The summed E-state index contributed by atoms with van der Waals surface area (Å²) in [6.45, 7) is 30.8. The van der Waals surface area contributed by atoms with E-state index in [0.29, 0.717) is 22.8 Å². The van der Waals surface area contributed by atoms with Gasteiger partial charge in [-0.1, -0.05) is 343 Å². The van der Waals surface area contributed by atoms with Gasteiger partial charge in [-0.3, -0.25) is 19.1 Å². The molecule has 0 saturated heterocycles. The van der Waals surface area contributed by atoms with Crippen LogP contribution in [0.3, 0.4) is 0 Å². The van der Waals surface area contributed by atoms with Gasteiger partial charge in [0.15, 0.2) is 0 Å². The normalized spacial score (nSPS) is 12.1. The Morgan fingerprint density at radius 3 is 1.00 bits per heavy atom. The molecule has 0 spiro atoms. The minimum absolute atomic E-state index is 0. The van der Waals surface area contributed by atoms with Gasteiger partial charge in [0.25, 0.3) is 0 Å². The Hall–Kier alpha value is -13.1. The Balaban J connectivity index is 0.000000176. The standard InChI is InChI=1S/C59H53N4O.C56H47N4O.2Pt/c1-57(2,3)41-34-48(55(64)49(35-41)58(4,5)6)56-61-54-45(28-20-30-52(54)63(56)44-25-16-11-17-26-44)38-31-39(33-42(32-38)59(7,8)40-21-12-9-13-22-40)50-36-47-46-27-18-19-29-51(46)62(53(47)37-60-50)43-23-14-10-15-24-43;1-55(2,3)40-32-46(53(61)47(33-40)56(4,5)6)54-58-52-43(26-18-28-50(52)60(54)42-23-14-9-15-24-42)38-29-37(36-19-10-7-11-20-36)30-39(31-38)48-34-45-44-25-16-17-27-49(44)59(51(45)35-57-48)41-21-12-8-13-22-41;;/h9-30,32-37,64H,1-8H3;7-30,32-35,61H,1-6H3;;/q2*-1;;. The number of hydrogen-bond acceptors (Lipinski definition) is 6. The summed E-state index contributed by atoms with van der Waals surface area (Å²) in [5, 5.41) is 29.1. The van der Waals surface area contributed by atoms with Crippen molar-refractivity contribution in [3.8, 4) is 113 Å². The maximum absolute atomic E-state index is 12.3. The summed E-state index contributed by atoms with van der Waals surface area (Å²) in [5.74, 6) is 1.88. The SMILES string of the molecule is CC(C)(C)c1cc(-c2nc3c(-c4[c-]c(-c5cc6c7ccccc7n(-c7ccccc7)c6cn5)cc(-c5ccccc5)c4)cccc3n2-c2ccccc2)c(O)c(C(C)(C)C)c1.CC(C)(C)c1cc(-c2nc3c(-c4[c-]c(-c5cc6c7ccccc7n(-c7ccccc7)c6cn5)cc(C(C)(C)c5ccccc5)c4)cccc3n2-c2ccccc2)c(O)c(C(C)(C)C)c1.[Pt].[Pt]. The van der Waals surface area contributed by atoms with E-state index in [9.17, 15) is 10.2 Å². The first kappa shape index (κ1) is 86.0. The van der Waals surface area contributed by atoms with Crippen molar-refractivity contribution < 1.29 is 52.3 Å². The molecule has 0 amide bonds. The molecular formula is C115H100N8O2Pt2-2. The molecule has 0 fully saturated rings. The number of pyridine rings is 2. The zero-order valence-corrected chi connectivity index (χ0v) is 78.5. The van der Waals surface area contributed by atoms with Gasteiger partial charge in [-0.25, -0.2) is 9.97 Å². The second-order valence-corrected chi connectivity index (χ2v) is 37.7. The zero-order valence-electron chi connectivity index (χ0n) is 73.9. The molecule has 20 rings (SSSR count). The van der Waals surface area contributed by atoms with Crippen LogP contribution in [0.25, 0.3) is 167 Å². The first-order valence-corrected chi connectivity index (χ1v) is 43.2. The summed E-state index contributed by atoms with van der Waals surface area (Å²) in [6, 6.07) is 122. The number of rotatable bonds is 13. The van der Waals surface area contributed by atoms with Crippen LogP contribution in [0.5, 0.6) is 11.5 Å². The summed E-state index contributed by atoms with van der Waals surface area (Å²) in [4.78, 5) is 21.5. The third-order valence-corrected chi connectivity index (χ3v) is 24.8. The van der Waals surface area contributed by atoms with Crippen LogP contribution in [0, 0.1) is 12.1 Å². The van der Waals surface area contributed by atoms with E-state index in [1.807, 2.05) is 48.8 Å². The summed E-state index contributed by atoms with van der Waals surface area (Å²) < 4.78 is 8.97. The van der Waals surface area contributed by atoms with Crippen molar-refractivity contribution in [3.05, 3.63) is 385 Å². The summed E-state index contributed by atoms with van der Waals surface area (Å²) in [5.41, 5.74) is 27.9. The molecule has 20 aromatic rings. The topological polar surface area (TPSA) is 112 Å². The number of hydrogen-bond donors (Lipinski definition) is 2. The van der Waals surface area contributed by atoms with Crippen molar-refractivity contribution >= 4 is 65.7 Å². The third-order valence-electron chi connectivity index (χ3n) is 24.8. The fourth-order valence-electron chi connectivity index (χ4n) is 17.9. The van der Waals surface area contributed by atoms with Crippen molar-refractivity contribution in [2.24, 2.45) is 0 Å². The van der Waals surface area contributed by atoms with E-state index in [1.54, 1.807) is 0 Å². The smallest absolute Gasteiger partial charge is 0.148 e. The Morgan fingerprint density at radius 2 is 0.598 bits per heavy atom. The number of aromatic hydroxyl groups is 2. The number of para-hydroxylation sites is 8. The van der Waals surface area contributed by atoms with Crippen LogP contribution in [-0.2, 0) is 69.2 Å². The van der Waals surface area contributed by atoms with Crippen molar-refractivity contribution in [3.63, 3.8) is 0 Å². The van der Waals surface area contributed by atoms with Gasteiger partial charge in [-0.2, -0.15) is 0 Å². The first-order valence-electron chi connectivity index (χ1n) is 43.2. The quantitative estimate of drug-likeness (QED) is 0.111. The van der Waals surface area contributed by atoms with Crippen LogP contribution >= 0.6 is 0 Å². The molecule has 0 aliphatic heterocycles. The van der Waals surface area contributed by atoms with E-state index >= 15 is 0 Å². The van der Waals surface area contributed by atoms with E-state index in [1.165, 1.54) is 16.3 Å². The van der Waals surface area contributed by atoms with Gasteiger partial charge in [-0.05, 0) is 129 Å². The van der Waals surface area contributed by atoms with Crippen molar-refractivity contribution in [1.82, 2.24) is 38.2 Å². The molecule has 12 heteroatoms. The molecule has 6 heterocycles. The monoisotopic (exact) mass is 2010 g/mol. The number of fused-ring (bicyclic) bond motifs is 8. The van der Waals surface area contributed by atoms with Gasteiger partial charge >= 0.3 is 0 Å². The summed E-state index contributed by atoms with van der Waals surface area (Å²) in [7, 11) is 0. The van der Waals surface area contributed by atoms with Crippen LogP contribution in [0.1, 0.15) is 130 Å². The molecule has 0 saturated carbocycles. The van der Waals surface area contributed by atoms with Gasteiger partial charge in [0.2, 0.25) is 0 Å². The van der Waals surface area contributed by atoms with E-state index in [4.69, 9.17) is 19.9 Å². The molecule has 6 aromatic heterocycles. The molecule has 634 valence electrons. The maximum Gasteiger partial charge on any atom is 0.148 e. The number of nitrogens with zero attached hydrogens (tertiary/aromatic N) is 8. The van der Waals surface area contributed by atoms with Gasteiger partial charge in [-0.15, -0.1) is 53.1 Å². The predicted octanol–water partition coefficient (Wildman–Crippen LogP) is 29.2. The first-order chi connectivity index (χ1) is 60.1. The molecule has 0 aliphatic rings. The molecular weight excluding hydrogens is 1920 g/mol. The number of aromatic nitrogens is 8. The van der Waals surface area contributed by atoms with Crippen molar-refractivity contribution in [2.75, 3.05) is 0 Å². The third kappa shape index (κ3) is 16.0. The van der Waals surface area contributed by atoms with Crippen molar-refractivity contribution in [1.29, 1.82) is 0 Å². The van der Waals surface area contributed by atoms with E-state index in [-0.39, 0.29) is 80.7 Å². The average Bonchev–Trinajstić information content (AvgIpc) is 1.58. The largest absolute Gasteiger partial charge is 0.507 e. The second kappa shape index (κ2) is 33.7. The molecule has 2 N–H and O–H groups in total. The Kier molecular flexibility index (Phi) is 22.8. The van der Waals surface area contributed by atoms with Crippen LogP contribution in [-0.4, -0.2) is 48.4 Å². The van der Waals surface area contributed by atoms with Gasteiger partial charge in [0, 0.05) is 127 Å².